The van der Waals surface area contributed by atoms with Crippen molar-refractivity contribution in [1.82, 2.24) is 20.2 Å². The van der Waals surface area contributed by atoms with Gasteiger partial charge in [-0.3, -0.25) is 4.79 Å². The van der Waals surface area contributed by atoms with Crippen LogP contribution in [0.5, 0.6) is 0 Å². The summed E-state index contributed by atoms with van der Waals surface area (Å²) in [6.45, 7) is 0.423. The molecule has 0 amide bonds. The number of thioether (sulfide) groups is 1. The standard InChI is InChI=1S/C24H21ClN4O4S2/c25-21-10-6-18(7-11-21)19-8-12-22(13-9-19)35(32,33)16-20(23(30)31)15-34-24-26-27-28-29(24)14-17-4-2-1-3-5-17/h1-13,20H,14-16H2,(H,30,31). The van der Waals surface area contributed by atoms with Crippen molar-refractivity contribution in [1.29, 1.82) is 0 Å². The topological polar surface area (TPSA) is 115 Å². The van der Waals surface area contributed by atoms with Crippen LogP contribution in [0.2, 0.25) is 5.02 Å². The number of rotatable bonds is 10. The third-order valence-corrected chi connectivity index (χ3v) is 8.45. The van der Waals surface area contributed by atoms with E-state index in [0.29, 0.717) is 16.7 Å². The normalized spacial score (nSPS) is 12.4. The fourth-order valence-corrected chi connectivity index (χ4v) is 6.14. The highest BCUT2D eigenvalue weighted by atomic mass is 35.5. The van der Waals surface area contributed by atoms with Crippen LogP contribution in [0.4, 0.5) is 0 Å². The number of hydrogen-bond donors (Lipinski definition) is 1. The summed E-state index contributed by atoms with van der Waals surface area (Å²) in [6, 6.07) is 23.1. The second-order valence-electron chi connectivity index (χ2n) is 7.76. The van der Waals surface area contributed by atoms with Gasteiger partial charge in [-0.15, -0.1) is 5.10 Å². The van der Waals surface area contributed by atoms with E-state index in [9.17, 15) is 18.3 Å². The SMILES string of the molecule is O=C(O)C(CSc1nnnn1Cc1ccccc1)CS(=O)(=O)c1ccc(-c2ccc(Cl)cc2)cc1. The van der Waals surface area contributed by atoms with Crippen LogP contribution in [0.15, 0.2) is 88.9 Å². The molecule has 0 spiro atoms. The first-order valence-corrected chi connectivity index (χ1v) is 13.6. The molecule has 1 aromatic heterocycles. The van der Waals surface area contributed by atoms with Crippen molar-refractivity contribution in [3.8, 4) is 11.1 Å². The number of hydrogen-bond acceptors (Lipinski definition) is 7. The molecule has 11 heteroatoms. The minimum atomic E-state index is -3.83. The Bertz CT molecular complexity index is 1390. The van der Waals surface area contributed by atoms with Gasteiger partial charge in [0.1, 0.15) is 0 Å². The van der Waals surface area contributed by atoms with Crippen LogP contribution >= 0.6 is 23.4 Å². The van der Waals surface area contributed by atoms with Crippen LogP contribution in [0, 0.1) is 5.92 Å². The molecule has 4 aromatic rings. The Labute approximate surface area is 211 Å². The van der Waals surface area contributed by atoms with E-state index < -0.39 is 27.5 Å². The van der Waals surface area contributed by atoms with Gasteiger partial charge in [0, 0.05) is 10.8 Å². The Kier molecular flexibility index (Phi) is 7.84. The third kappa shape index (κ3) is 6.47. The summed E-state index contributed by atoms with van der Waals surface area (Å²) in [4.78, 5) is 11.9. The number of carbonyl (C=O) groups is 1. The number of aromatic nitrogens is 4. The zero-order valence-corrected chi connectivity index (χ0v) is 20.7. The highest BCUT2D eigenvalue weighted by Gasteiger charge is 2.27. The first-order chi connectivity index (χ1) is 16.8. The van der Waals surface area contributed by atoms with E-state index >= 15 is 0 Å². The molecule has 1 heterocycles. The molecule has 3 aromatic carbocycles. The number of nitrogens with zero attached hydrogens (tertiary/aromatic N) is 4. The molecule has 0 aliphatic heterocycles. The average molecular weight is 529 g/mol. The Hall–Kier alpha value is -3.21. The van der Waals surface area contributed by atoms with Gasteiger partial charge in [-0.25, -0.2) is 13.1 Å². The highest BCUT2D eigenvalue weighted by molar-refractivity contribution is 7.99. The maximum Gasteiger partial charge on any atom is 0.308 e. The lowest BCUT2D eigenvalue weighted by atomic mass is 10.1. The summed E-state index contributed by atoms with van der Waals surface area (Å²) in [6.07, 6.45) is 0. The molecule has 0 saturated carbocycles. The Morgan fingerprint density at radius 1 is 0.971 bits per heavy atom. The number of carboxylic acids is 1. The summed E-state index contributed by atoms with van der Waals surface area (Å²) >= 11 is 7.04. The van der Waals surface area contributed by atoms with Crippen LogP contribution < -0.4 is 0 Å². The molecule has 0 saturated heterocycles. The van der Waals surface area contributed by atoms with Gasteiger partial charge in [-0.1, -0.05) is 78.0 Å². The molecule has 4 rings (SSSR count). The number of halogens is 1. The highest BCUT2D eigenvalue weighted by Crippen LogP contribution is 2.26. The Morgan fingerprint density at radius 2 is 1.60 bits per heavy atom. The quantitative estimate of drug-likeness (QED) is 0.303. The lowest BCUT2D eigenvalue weighted by molar-refractivity contribution is -0.140. The van der Waals surface area contributed by atoms with Crippen LogP contribution in [0.1, 0.15) is 5.56 Å². The van der Waals surface area contributed by atoms with Crippen molar-refractivity contribution in [2.24, 2.45) is 5.92 Å². The van der Waals surface area contributed by atoms with Gasteiger partial charge in [-0.2, -0.15) is 0 Å². The number of benzene rings is 3. The van der Waals surface area contributed by atoms with E-state index in [4.69, 9.17) is 11.6 Å². The van der Waals surface area contributed by atoms with E-state index in [2.05, 4.69) is 15.5 Å². The maximum atomic E-state index is 13.0. The van der Waals surface area contributed by atoms with Gasteiger partial charge >= 0.3 is 5.97 Å². The van der Waals surface area contributed by atoms with Crippen LogP contribution in [-0.2, 0) is 21.2 Å². The van der Waals surface area contributed by atoms with Crippen LogP contribution in [0.25, 0.3) is 11.1 Å². The van der Waals surface area contributed by atoms with Gasteiger partial charge in [-0.05, 0) is 51.4 Å². The predicted molar refractivity (Wildman–Crippen MR) is 134 cm³/mol. The zero-order chi connectivity index (χ0) is 24.8. The first-order valence-electron chi connectivity index (χ1n) is 10.6. The van der Waals surface area contributed by atoms with E-state index in [1.165, 1.54) is 12.1 Å². The van der Waals surface area contributed by atoms with Gasteiger partial charge in [0.15, 0.2) is 9.84 Å². The first kappa shape index (κ1) is 24.9. The monoisotopic (exact) mass is 528 g/mol. The number of aliphatic carboxylic acids is 1. The summed E-state index contributed by atoms with van der Waals surface area (Å²) in [5.74, 6) is -2.86. The van der Waals surface area contributed by atoms with Crippen molar-refractivity contribution >= 4 is 39.2 Å². The molecule has 0 radical (unpaired) electrons. The molecular weight excluding hydrogens is 508 g/mol. The Morgan fingerprint density at radius 3 is 2.23 bits per heavy atom. The minimum Gasteiger partial charge on any atom is -0.481 e. The molecule has 1 N–H and O–H groups in total. The average Bonchev–Trinajstić information content (AvgIpc) is 3.29. The van der Waals surface area contributed by atoms with E-state index in [-0.39, 0.29) is 10.6 Å². The number of sulfone groups is 1. The smallest absolute Gasteiger partial charge is 0.308 e. The number of tetrazole rings is 1. The van der Waals surface area contributed by atoms with Crippen molar-refractivity contribution < 1.29 is 18.3 Å². The zero-order valence-electron chi connectivity index (χ0n) is 18.4. The molecule has 0 fully saturated rings. The van der Waals surface area contributed by atoms with Crippen molar-refractivity contribution in [3.63, 3.8) is 0 Å². The van der Waals surface area contributed by atoms with Crippen molar-refractivity contribution in [3.05, 3.63) is 89.4 Å². The van der Waals surface area contributed by atoms with Gasteiger partial charge in [0.25, 0.3) is 0 Å². The lowest BCUT2D eigenvalue weighted by Gasteiger charge is -2.13. The molecule has 0 aliphatic rings. The molecule has 8 nitrogen and oxygen atoms in total. The van der Waals surface area contributed by atoms with Crippen LogP contribution in [0.3, 0.4) is 0 Å². The van der Waals surface area contributed by atoms with E-state index in [1.807, 2.05) is 42.5 Å². The summed E-state index contributed by atoms with van der Waals surface area (Å²) in [7, 11) is -3.83. The molecule has 0 bridgehead atoms. The lowest BCUT2D eigenvalue weighted by Crippen LogP contribution is -2.26. The Balaban J connectivity index is 1.43. The summed E-state index contributed by atoms with van der Waals surface area (Å²) in [5, 5.41) is 22.3. The minimum absolute atomic E-state index is 0.00653. The fourth-order valence-electron chi connectivity index (χ4n) is 3.38. The second-order valence-corrected chi connectivity index (χ2v) is 11.2. The molecular formula is C24H21ClN4O4S2. The molecule has 0 aliphatic carbocycles. The van der Waals surface area contributed by atoms with Crippen molar-refractivity contribution in [2.45, 2.75) is 16.6 Å². The van der Waals surface area contributed by atoms with E-state index in [0.717, 1.165) is 28.5 Å². The predicted octanol–water partition coefficient (Wildman–Crippen LogP) is 4.31. The number of carboxylic acid groups (broad SMARTS) is 1. The largest absolute Gasteiger partial charge is 0.481 e. The van der Waals surface area contributed by atoms with Gasteiger partial charge < -0.3 is 5.11 Å². The maximum absolute atomic E-state index is 13.0. The van der Waals surface area contributed by atoms with Crippen molar-refractivity contribution in [2.75, 3.05) is 11.5 Å². The molecule has 1 unspecified atom stereocenters. The molecule has 35 heavy (non-hydrogen) atoms. The van der Waals surface area contributed by atoms with Gasteiger partial charge in [0.2, 0.25) is 5.16 Å². The summed E-state index contributed by atoms with van der Waals surface area (Å²) < 4.78 is 27.5. The fraction of sp³-hybridized carbons (Fsp3) is 0.167. The van der Waals surface area contributed by atoms with E-state index in [1.54, 1.807) is 28.9 Å². The van der Waals surface area contributed by atoms with Crippen LogP contribution in [-0.4, -0.2) is 51.2 Å². The van der Waals surface area contributed by atoms with Gasteiger partial charge in [0.05, 0.1) is 23.1 Å². The third-order valence-electron chi connectivity index (χ3n) is 5.25. The molecule has 180 valence electrons. The molecule has 1 atom stereocenters. The summed E-state index contributed by atoms with van der Waals surface area (Å²) in [5.41, 5.74) is 2.71. The second kappa shape index (κ2) is 11.0.